The number of piperidine rings is 1. The van der Waals surface area contributed by atoms with Gasteiger partial charge in [-0.05, 0) is 30.7 Å². The van der Waals surface area contributed by atoms with Crippen molar-refractivity contribution in [2.24, 2.45) is 0 Å². The first-order valence-electron chi connectivity index (χ1n) is 10.1. The third-order valence-electron chi connectivity index (χ3n) is 5.42. The third kappa shape index (κ3) is 3.87. The van der Waals surface area contributed by atoms with E-state index in [1.54, 1.807) is 42.7 Å². The third-order valence-corrected chi connectivity index (χ3v) is 6.66. The van der Waals surface area contributed by atoms with Crippen LogP contribution in [-0.2, 0) is 16.1 Å². The molecule has 1 unspecified atom stereocenters. The Labute approximate surface area is 196 Å². The second kappa shape index (κ2) is 8.38. The molecule has 4 heterocycles. The van der Waals surface area contributed by atoms with E-state index in [0.29, 0.717) is 22.9 Å². The SMILES string of the molecule is O=C1CCC(N2C(=O)c3cccc(NCc4cnc(-c5ccc(Cl)cn5)s4)c3C2=O)C(=O)N1. The molecule has 2 aliphatic rings. The van der Waals surface area contributed by atoms with Gasteiger partial charge in [0.15, 0.2) is 0 Å². The number of aromatic nitrogens is 2. The zero-order chi connectivity index (χ0) is 23.1. The van der Waals surface area contributed by atoms with Gasteiger partial charge in [-0.15, -0.1) is 11.3 Å². The van der Waals surface area contributed by atoms with Crippen molar-refractivity contribution >= 4 is 52.3 Å². The number of carbonyl (C=O) groups excluding carboxylic acids is 4. The number of anilines is 1. The summed E-state index contributed by atoms with van der Waals surface area (Å²) in [6.45, 7) is 0.377. The van der Waals surface area contributed by atoms with Crippen molar-refractivity contribution in [3.05, 3.63) is 63.8 Å². The molecule has 11 heteroatoms. The Morgan fingerprint density at radius 2 is 1.94 bits per heavy atom. The summed E-state index contributed by atoms with van der Waals surface area (Å²) in [5, 5.41) is 6.67. The molecular weight excluding hydrogens is 466 g/mol. The Morgan fingerprint density at radius 1 is 1.09 bits per heavy atom. The van der Waals surface area contributed by atoms with Gasteiger partial charge in [0.2, 0.25) is 11.8 Å². The minimum atomic E-state index is -1.00. The maximum atomic E-state index is 13.2. The number of carbonyl (C=O) groups is 4. The average molecular weight is 482 g/mol. The molecule has 0 saturated carbocycles. The number of imide groups is 2. The van der Waals surface area contributed by atoms with E-state index >= 15 is 0 Å². The van der Waals surface area contributed by atoms with E-state index in [1.165, 1.54) is 11.3 Å². The topological polar surface area (TPSA) is 121 Å². The number of nitrogens with zero attached hydrogens (tertiary/aromatic N) is 3. The fourth-order valence-electron chi connectivity index (χ4n) is 3.85. The van der Waals surface area contributed by atoms with Gasteiger partial charge in [0.25, 0.3) is 11.8 Å². The van der Waals surface area contributed by atoms with Gasteiger partial charge in [0.05, 0.1) is 28.4 Å². The fraction of sp³-hybridized carbons (Fsp3) is 0.182. The Hall–Kier alpha value is -3.63. The van der Waals surface area contributed by atoms with E-state index in [-0.39, 0.29) is 24.0 Å². The average Bonchev–Trinajstić information content (AvgIpc) is 3.37. The summed E-state index contributed by atoms with van der Waals surface area (Å²) in [7, 11) is 0. The summed E-state index contributed by atoms with van der Waals surface area (Å²) in [6, 6.07) is 7.48. The van der Waals surface area contributed by atoms with Crippen molar-refractivity contribution in [2.75, 3.05) is 5.32 Å². The zero-order valence-corrected chi connectivity index (χ0v) is 18.6. The monoisotopic (exact) mass is 481 g/mol. The van der Waals surface area contributed by atoms with E-state index in [1.807, 2.05) is 0 Å². The lowest BCUT2D eigenvalue weighted by molar-refractivity contribution is -0.136. The molecule has 0 radical (unpaired) electrons. The van der Waals surface area contributed by atoms with Crippen molar-refractivity contribution in [1.82, 2.24) is 20.2 Å². The highest BCUT2D eigenvalue weighted by Gasteiger charge is 2.45. The van der Waals surface area contributed by atoms with Crippen LogP contribution < -0.4 is 10.6 Å². The molecule has 2 aromatic heterocycles. The molecule has 4 amide bonds. The van der Waals surface area contributed by atoms with Crippen molar-refractivity contribution in [3.8, 4) is 10.7 Å². The van der Waals surface area contributed by atoms with E-state index < -0.39 is 29.7 Å². The van der Waals surface area contributed by atoms with Crippen LogP contribution in [0.3, 0.4) is 0 Å². The molecular formula is C22H16ClN5O4S. The van der Waals surface area contributed by atoms with Crippen LogP contribution in [0, 0.1) is 0 Å². The Balaban J connectivity index is 1.35. The molecule has 1 saturated heterocycles. The van der Waals surface area contributed by atoms with E-state index in [0.717, 1.165) is 14.8 Å². The number of fused-ring (bicyclic) bond motifs is 1. The number of amides is 4. The minimum absolute atomic E-state index is 0.0745. The van der Waals surface area contributed by atoms with Crippen molar-refractivity contribution in [3.63, 3.8) is 0 Å². The fourth-order valence-corrected chi connectivity index (χ4v) is 4.80. The van der Waals surface area contributed by atoms with Gasteiger partial charge in [0, 0.05) is 29.4 Å². The number of thiazole rings is 1. The first-order valence-corrected chi connectivity index (χ1v) is 11.3. The molecule has 5 rings (SSSR count). The lowest BCUT2D eigenvalue weighted by atomic mass is 10.0. The van der Waals surface area contributed by atoms with E-state index in [2.05, 4.69) is 20.6 Å². The van der Waals surface area contributed by atoms with Gasteiger partial charge < -0.3 is 5.32 Å². The van der Waals surface area contributed by atoms with Crippen molar-refractivity contribution in [1.29, 1.82) is 0 Å². The first kappa shape index (κ1) is 21.2. The smallest absolute Gasteiger partial charge is 0.264 e. The maximum absolute atomic E-state index is 13.2. The molecule has 9 nitrogen and oxygen atoms in total. The van der Waals surface area contributed by atoms with Gasteiger partial charge in [-0.2, -0.15) is 0 Å². The first-order chi connectivity index (χ1) is 15.9. The summed E-state index contributed by atoms with van der Waals surface area (Å²) in [5.41, 5.74) is 1.64. The minimum Gasteiger partial charge on any atom is -0.379 e. The molecule has 0 aliphatic carbocycles. The summed E-state index contributed by atoms with van der Waals surface area (Å²) in [4.78, 5) is 60.3. The van der Waals surface area contributed by atoms with Gasteiger partial charge in [-0.1, -0.05) is 17.7 Å². The molecule has 0 bridgehead atoms. The van der Waals surface area contributed by atoms with Crippen LogP contribution in [0.25, 0.3) is 10.7 Å². The number of halogens is 1. The molecule has 3 aromatic rings. The number of nitrogens with one attached hydrogen (secondary N) is 2. The number of hydrogen-bond acceptors (Lipinski definition) is 8. The number of pyridine rings is 1. The van der Waals surface area contributed by atoms with E-state index in [4.69, 9.17) is 11.6 Å². The summed E-state index contributed by atoms with van der Waals surface area (Å²) < 4.78 is 0. The lowest BCUT2D eigenvalue weighted by Gasteiger charge is -2.27. The van der Waals surface area contributed by atoms with Crippen molar-refractivity contribution in [2.45, 2.75) is 25.4 Å². The van der Waals surface area contributed by atoms with Crippen LogP contribution in [0.2, 0.25) is 5.02 Å². The predicted molar refractivity (Wildman–Crippen MR) is 121 cm³/mol. The lowest BCUT2D eigenvalue weighted by Crippen LogP contribution is -2.54. The van der Waals surface area contributed by atoms with Gasteiger partial charge >= 0.3 is 0 Å². The number of hydrogen-bond donors (Lipinski definition) is 2. The molecule has 2 N–H and O–H groups in total. The normalized spacial score (nSPS) is 17.8. The zero-order valence-electron chi connectivity index (χ0n) is 17.0. The second-order valence-electron chi connectivity index (χ2n) is 7.52. The summed E-state index contributed by atoms with van der Waals surface area (Å²) in [5.74, 6) is -2.14. The molecule has 1 aromatic carbocycles. The Morgan fingerprint density at radius 3 is 2.70 bits per heavy atom. The highest BCUT2D eigenvalue weighted by Crippen LogP contribution is 2.33. The van der Waals surface area contributed by atoms with Gasteiger partial charge in [-0.25, -0.2) is 4.98 Å². The van der Waals surface area contributed by atoms with Crippen LogP contribution in [0.5, 0.6) is 0 Å². The van der Waals surface area contributed by atoms with Gasteiger partial charge in [0.1, 0.15) is 11.0 Å². The van der Waals surface area contributed by atoms with Gasteiger partial charge in [-0.3, -0.25) is 34.4 Å². The largest absolute Gasteiger partial charge is 0.379 e. The highest BCUT2D eigenvalue weighted by atomic mass is 35.5. The molecule has 1 fully saturated rings. The molecule has 33 heavy (non-hydrogen) atoms. The molecule has 166 valence electrons. The van der Waals surface area contributed by atoms with Crippen LogP contribution >= 0.6 is 22.9 Å². The standard InChI is InChI=1S/C22H16ClN5O4S/c23-11-4-5-15(24-8-11)20-26-10-12(33-20)9-25-14-3-1-2-13-18(14)22(32)28(21(13)31)16-6-7-17(29)27-19(16)30/h1-5,8,10,16,25H,6-7,9H2,(H,27,29,30). The van der Waals surface area contributed by atoms with E-state index in [9.17, 15) is 19.2 Å². The van der Waals surface area contributed by atoms with Crippen LogP contribution in [0.15, 0.2) is 42.7 Å². The van der Waals surface area contributed by atoms with Crippen LogP contribution in [-0.4, -0.2) is 44.5 Å². The summed E-state index contributed by atoms with van der Waals surface area (Å²) >= 11 is 7.33. The Bertz CT molecular complexity index is 1310. The quantitative estimate of drug-likeness (QED) is 0.537. The number of benzene rings is 1. The summed E-state index contributed by atoms with van der Waals surface area (Å²) in [6.07, 6.45) is 3.46. The highest BCUT2D eigenvalue weighted by molar-refractivity contribution is 7.15. The molecule has 1 atom stereocenters. The maximum Gasteiger partial charge on any atom is 0.264 e. The van der Waals surface area contributed by atoms with Crippen LogP contribution in [0.4, 0.5) is 5.69 Å². The molecule has 2 aliphatic heterocycles. The molecule has 0 spiro atoms. The second-order valence-corrected chi connectivity index (χ2v) is 9.07. The Kier molecular flexibility index (Phi) is 5.39. The van der Waals surface area contributed by atoms with Crippen LogP contribution in [0.1, 0.15) is 38.4 Å². The van der Waals surface area contributed by atoms with Crippen molar-refractivity contribution < 1.29 is 19.2 Å². The predicted octanol–water partition coefficient (Wildman–Crippen LogP) is 2.87. The number of rotatable bonds is 5.